The van der Waals surface area contributed by atoms with Crippen LogP contribution in [0.5, 0.6) is 0 Å². The van der Waals surface area contributed by atoms with Crippen molar-refractivity contribution in [3.05, 3.63) is 24.0 Å². The minimum Gasteiger partial charge on any atom is -0.492 e. The molecule has 0 aromatic heterocycles. The molecule has 1 N–H and O–H groups in total. The summed E-state index contributed by atoms with van der Waals surface area (Å²) in [7, 11) is 1.35. The Kier molecular flexibility index (Phi) is 8.93. The van der Waals surface area contributed by atoms with Crippen LogP contribution < -0.4 is 0 Å². The van der Waals surface area contributed by atoms with Crippen molar-refractivity contribution in [3.8, 4) is 0 Å². The Bertz CT molecular complexity index is 563. The highest BCUT2D eigenvalue weighted by molar-refractivity contribution is 5.69. The fourth-order valence-corrected chi connectivity index (χ4v) is 4.25. The van der Waals surface area contributed by atoms with Crippen LogP contribution in [-0.4, -0.2) is 42.7 Å². The molecule has 0 spiro atoms. The molecule has 1 saturated carbocycles. The van der Waals surface area contributed by atoms with Crippen LogP contribution in [0, 0.1) is 17.8 Å². The molecule has 1 heterocycles. The third-order valence-corrected chi connectivity index (χ3v) is 5.92. The van der Waals surface area contributed by atoms with Crippen molar-refractivity contribution in [2.24, 2.45) is 17.8 Å². The fraction of sp³-hybridized carbons (Fsp3) is 0.773. The van der Waals surface area contributed by atoms with Gasteiger partial charge in [-0.1, -0.05) is 38.8 Å². The number of carbonyl (C=O) groups is 1. The summed E-state index contributed by atoms with van der Waals surface area (Å²) >= 11 is 0. The number of unbranched alkanes of at least 4 members (excludes halogenated alkanes) is 2. The summed E-state index contributed by atoms with van der Waals surface area (Å²) in [6, 6.07) is 0. The molecule has 2 aliphatic rings. The van der Waals surface area contributed by atoms with Crippen molar-refractivity contribution in [1.82, 2.24) is 0 Å². The number of rotatable bonds is 10. The standard InChI is InChI=1S/C22H34F2O4/c1-4-5-8-16(23)17(25)12-11-15-14(2)13-19-21(15)22(24)18(28-19)9-6-7-10-20(26)27-3/h9,11-12,14-17,19,21-22,25H,4-8,10,13H2,1-3H3/b12-11+,18-9-/t14-,15+,16?,17-,19-,21-,22?/m1/s1. The van der Waals surface area contributed by atoms with Gasteiger partial charge in [0.05, 0.1) is 7.11 Å². The zero-order valence-corrected chi connectivity index (χ0v) is 17.2. The van der Waals surface area contributed by atoms with E-state index in [1.165, 1.54) is 13.2 Å². The van der Waals surface area contributed by atoms with Gasteiger partial charge in [-0.15, -0.1) is 0 Å². The van der Waals surface area contributed by atoms with Gasteiger partial charge in [0, 0.05) is 12.3 Å². The number of hydrogen-bond acceptors (Lipinski definition) is 4. The number of aliphatic hydroxyl groups excluding tert-OH is 1. The summed E-state index contributed by atoms with van der Waals surface area (Å²) in [5.41, 5.74) is 0. The number of allylic oxidation sites excluding steroid dienone is 3. The quantitative estimate of drug-likeness (QED) is 0.329. The average molecular weight is 401 g/mol. The molecular weight excluding hydrogens is 366 g/mol. The van der Waals surface area contributed by atoms with E-state index in [1.807, 2.05) is 13.8 Å². The van der Waals surface area contributed by atoms with Crippen molar-refractivity contribution < 1.29 is 28.2 Å². The maximum absolute atomic E-state index is 15.0. The highest BCUT2D eigenvalue weighted by Gasteiger charge is 2.52. The lowest BCUT2D eigenvalue weighted by Crippen LogP contribution is -2.24. The lowest BCUT2D eigenvalue weighted by molar-refractivity contribution is -0.140. The van der Waals surface area contributed by atoms with Crippen LogP contribution >= 0.6 is 0 Å². The Hall–Kier alpha value is -1.43. The third-order valence-electron chi connectivity index (χ3n) is 5.92. The van der Waals surface area contributed by atoms with Crippen molar-refractivity contribution in [2.75, 3.05) is 7.11 Å². The SMILES string of the molecule is CCCCC(F)[C@H](O)/C=C/[C@@H]1[C@H]2C(F)/C(=C/CCCC(=O)OC)O[C@@H]2C[C@H]1C. The smallest absolute Gasteiger partial charge is 0.305 e. The largest absolute Gasteiger partial charge is 0.492 e. The van der Waals surface area contributed by atoms with Gasteiger partial charge in [0.25, 0.3) is 0 Å². The normalized spacial score (nSPS) is 33.1. The average Bonchev–Trinajstić information content (AvgIpc) is 3.15. The first-order valence-corrected chi connectivity index (χ1v) is 10.5. The fourth-order valence-electron chi connectivity index (χ4n) is 4.25. The Morgan fingerprint density at radius 2 is 2.18 bits per heavy atom. The maximum atomic E-state index is 15.0. The second-order valence-electron chi connectivity index (χ2n) is 8.03. The number of aliphatic hydroxyl groups is 1. The molecule has 6 heteroatoms. The molecule has 1 aliphatic heterocycles. The Morgan fingerprint density at radius 1 is 1.43 bits per heavy atom. The molecule has 4 nitrogen and oxygen atoms in total. The molecular formula is C22H34F2O4. The number of carbonyl (C=O) groups excluding carboxylic acids is 1. The van der Waals surface area contributed by atoms with Gasteiger partial charge in [-0.05, 0) is 43.6 Å². The molecule has 0 bridgehead atoms. The highest BCUT2D eigenvalue weighted by atomic mass is 19.1. The summed E-state index contributed by atoms with van der Waals surface area (Å²) in [6.07, 6.45) is 5.32. The molecule has 160 valence electrons. The lowest BCUT2D eigenvalue weighted by atomic mass is 9.86. The van der Waals surface area contributed by atoms with E-state index in [0.29, 0.717) is 31.4 Å². The first-order valence-electron chi connectivity index (χ1n) is 10.5. The number of fused-ring (bicyclic) bond motifs is 1. The zero-order chi connectivity index (χ0) is 20.7. The first-order chi connectivity index (χ1) is 13.4. The molecule has 2 rings (SSSR count). The van der Waals surface area contributed by atoms with Crippen LogP contribution in [0.4, 0.5) is 8.78 Å². The van der Waals surface area contributed by atoms with E-state index in [-0.39, 0.29) is 29.8 Å². The Balaban J connectivity index is 1.93. The van der Waals surface area contributed by atoms with Crippen LogP contribution in [-0.2, 0) is 14.3 Å². The van der Waals surface area contributed by atoms with Crippen molar-refractivity contribution in [3.63, 3.8) is 0 Å². The van der Waals surface area contributed by atoms with E-state index in [4.69, 9.17) is 4.74 Å². The molecule has 0 radical (unpaired) electrons. The van der Waals surface area contributed by atoms with Crippen LogP contribution in [0.25, 0.3) is 0 Å². The van der Waals surface area contributed by atoms with E-state index in [1.54, 1.807) is 12.2 Å². The number of alkyl halides is 2. The molecule has 0 aromatic rings. The predicted octanol–water partition coefficient (Wildman–Crippen LogP) is 4.67. The van der Waals surface area contributed by atoms with Gasteiger partial charge in [-0.3, -0.25) is 4.79 Å². The number of halogens is 2. The summed E-state index contributed by atoms with van der Waals surface area (Å²) in [4.78, 5) is 11.1. The lowest BCUT2D eigenvalue weighted by Gasteiger charge is -2.20. The summed E-state index contributed by atoms with van der Waals surface area (Å²) in [5, 5.41) is 10.0. The minimum atomic E-state index is -1.28. The van der Waals surface area contributed by atoms with Gasteiger partial charge >= 0.3 is 5.97 Å². The topological polar surface area (TPSA) is 55.8 Å². The number of methoxy groups -OCH3 is 1. The van der Waals surface area contributed by atoms with Gasteiger partial charge in [-0.2, -0.15) is 0 Å². The molecule has 1 aliphatic carbocycles. The third kappa shape index (κ3) is 5.79. The summed E-state index contributed by atoms with van der Waals surface area (Å²) in [6.45, 7) is 4.02. The second kappa shape index (κ2) is 10.9. The van der Waals surface area contributed by atoms with Gasteiger partial charge in [0.1, 0.15) is 24.1 Å². The van der Waals surface area contributed by atoms with Gasteiger partial charge in [-0.25, -0.2) is 8.78 Å². The molecule has 7 atom stereocenters. The van der Waals surface area contributed by atoms with Gasteiger partial charge in [0.15, 0.2) is 6.17 Å². The van der Waals surface area contributed by atoms with Crippen LogP contribution in [0.1, 0.15) is 58.8 Å². The van der Waals surface area contributed by atoms with E-state index >= 15 is 4.39 Å². The molecule has 28 heavy (non-hydrogen) atoms. The molecule has 2 fully saturated rings. The molecule has 0 aromatic carbocycles. The van der Waals surface area contributed by atoms with E-state index in [2.05, 4.69) is 4.74 Å². The van der Waals surface area contributed by atoms with Crippen LogP contribution in [0.2, 0.25) is 0 Å². The molecule has 0 amide bonds. The summed E-state index contributed by atoms with van der Waals surface area (Å²) in [5.74, 6) is -0.113. The van der Waals surface area contributed by atoms with Crippen LogP contribution in [0.15, 0.2) is 24.0 Å². The second-order valence-corrected chi connectivity index (χ2v) is 8.03. The van der Waals surface area contributed by atoms with Crippen molar-refractivity contribution in [1.29, 1.82) is 0 Å². The van der Waals surface area contributed by atoms with E-state index < -0.39 is 18.4 Å². The maximum Gasteiger partial charge on any atom is 0.305 e. The number of hydrogen-bond donors (Lipinski definition) is 1. The van der Waals surface area contributed by atoms with Gasteiger partial charge in [0.2, 0.25) is 0 Å². The predicted molar refractivity (Wildman–Crippen MR) is 104 cm³/mol. The molecule has 2 unspecified atom stereocenters. The Labute approximate surface area is 167 Å². The first kappa shape index (κ1) is 22.9. The van der Waals surface area contributed by atoms with E-state index in [0.717, 1.165) is 19.3 Å². The Morgan fingerprint density at radius 3 is 2.86 bits per heavy atom. The minimum absolute atomic E-state index is 0.0889. The van der Waals surface area contributed by atoms with Crippen molar-refractivity contribution >= 4 is 5.97 Å². The van der Waals surface area contributed by atoms with Gasteiger partial charge < -0.3 is 14.6 Å². The zero-order valence-electron chi connectivity index (χ0n) is 17.2. The monoisotopic (exact) mass is 400 g/mol. The highest BCUT2D eigenvalue weighted by Crippen LogP contribution is 2.49. The van der Waals surface area contributed by atoms with Crippen LogP contribution in [0.3, 0.4) is 0 Å². The van der Waals surface area contributed by atoms with E-state index in [9.17, 15) is 14.3 Å². The molecule has 1 saturated heterocycles. The summed E-state index contributed by atoms with van der Waals surface area (Å²) < 4.78 is 39.4. The number of esters is 1. The number of ether oxygens (including phenoxy) is 2. The van der Waals surface area contributed by atoms with Crippen molar-refractivity contribution in [2.45, 2.75) is 83.3 Å².